The van der Waals surface area contributed by atoms with E-state index in [4.69, 9.17) is 0 Å². The zero-order chi connectivity index (χ0) is 18.0. The number of hydrogen-bond acceptors (Lipinski definition) is 3. The van der Waals surface area contributed by atoms with Crippen molar-refractivity contribution in [1.82, 2.24) is 19.8 Å². The van der Waals surface area contributed by atoms with Gasteiger partial charge in [-0.25, -0.2) is 4.98 Å². The maximum absolute atomic E-state index is 12.8. The number of carbonyl (C=O) groups is 2. The van der Waals surface area contributed by atoms with Crippen molar-refractivity contribution in [2.24, 2.45) is 11.3 Å². The Balaban J connectivity index is 1.38. The number of rotatable bonds is 6. The van der Waals surface area contributed by atoms with Crippen LogP contribution in [0.15, 0.2) is 18.7 Å². The van der Waals surface area contributed by atoms with Crippen molar-refractivity contribution in [3.05, 3.63) is 18.7 Å². The lowest BCUT2D eigenvalue weighted by atomic mass is 9.66. The number of aromatic nitrogens is 2. The Morgan fingerprint density at radius 3 is 2.69 bits per heavy atom. The van der Waals surface area contributed by atoms with Gasteiger partial charge in [0.2, 0.25) is 11.8 Å². The summed E-state index contributed by atoms with van der Waals surface area (Å²) in [5.41, 5.74) is 0.239. The quantitative estimate of drug-likeness (QED) is 0.849. The van der Waals surface area contributed by atoms with E-state index in [0.717, 1.165) is 32.4 Å². The predicted molar refractivity (Wildman–Crippen MR) is 98.2 cm³/mol. The first kappa shape index (κ1) is 17.6. The number of hydrogen-bond donors (Lipinski definition) is 1. The molecule has 1 unspecified atom stereocenters. The Bertz CT molecular complexity index is 632. The minimum Gasteiger partial charge on any atom is -0.353 e. The number of nitrogens with zero attached hydrogens (tertiary/aromatic N) is 3. The molecule has 6 nitrogen and oxygen atoms in total. The van der Waals surface area contributed by atoms with Crippen molar-refractivity contribution in [2.45, 2.75) is 70.4 Å². The lowest BCUT2D eigenvalue weighted by Gasteiger charge is -2.38. The largest absolute Gasteiger partial charge is 0.353 e. The lowest BCUT2D eigenvalue weighted by molar-refractivity contribution is -0.131. The molecule has 1 spiro atoms. The van der Waals surface area contributed by atoms with Gasteiger partial charge in [0.25, 0.3) is 0 Å². The summed E-state index contributed by atoms with van der Waals surface area (Å²) in [7, 11) is 0. The number of likely N-dealkylation sites (tertiary alicyclic amines) is 1. The molecule has 1 N–H and O–H groups in total. The van der Waals surface area contributed by atoms with Gasteiger partial charge >= 0.3 is 0 Å². The second-order valence-electron chi connectivity index (χ2n) is 8.51. The molecule has 1 aromatic rings. The highest BCUT2D eigenvalue weighted by Crippen LogP contribution is 2.49. The number of imidazole rings is 1. The molecule has 0 radical (unpaired) electrons. The first-order valence-electron chi connectivity index (χ1n) is 10.2. The third-order valence-electron chi connectivity index (χ3n) is 6.55. The maximum atomic E-state index is 12.8. The van der Waals surface area contributed by atoms with Gasteiger partial charge in [-0.15, -0.1) is 0 Å². The van der Waals surface area contributed by atoms with E-state index in [1.807, 2.05) is 10.8 Å². The van der Waals surface area contributed by atoms with Crippen LogP contribution in [0, 0.1) is 11.3 Å². The summed E-state index contributed by atoms with van der Waals surface area (Å²) in [5.74, 6) is 0.832. The van der Waals surface area contributed by atoms with Crippen LogP contribution in [0.2, 0.25) is 0 Å². The highest BCUT2D eigenvalue weighted by atomic mass is 16.2. The Hall–Kier alpha value is -1.85. The minimum atomic E-state index is 0.179. The van der Waals surface area contributed by atoms with Gasteiger partial charge in [-0.3, -0.25) is 9.59 Å². The topological polar surface area (TPSA) is 67.2 Å². The van der Waals surface area contributed by atoms with E-state index < -0.39 is 0 Å². The van der Waals surface area contributed by atoms with E-state index in [0.29, 0.717) is 24.9 Å². The summed E-state index contributed by atoms with van der Waals surface area (Å²) in [5, 5.41) is 3.10. The summed E-state index contributed by atoms with van der Waals surface area (Å²) in [6, 6.07) is 0.433. The fourth-order valence-corrected chi connectivity index (χ4v) is 4.91. The average molecular weight is 358 g/mol. The van der Waals surface area contributed by atoms with Crippen LogP contribution in [0.5, 0.6) is 0 Å². The number of nitrogens with one attached hydrogen (secondary N) is 1. The SMILES string of the molecule is O=C(CCC1CN(C(=O)Cn2ccnc2)CC12CCCCC2)NC1CC1. The van der Waals surface area contributed by atoms with Crippen LogP contribution in [0.1, 0.15) is 57.8 Å². The molecule has 0 bridgehead atoms. The van der Waals surface area contributed by atoms with E-state index in [9.17, 15) is 9.59 Å². The van der Waals surface area contributed by atoms with Crippen molar-refractivity contribution < 1.29 is 9.59 Å². The summed E-state index contributed by atoms with van der Waals surface area (Å²) < 4.78 is 1.84. The van der Waals surface area contributed by atoms with Crippen molar-refractivity contribution in [3.63, 3.8) is 0 Å². The molecule has 2 saturated carbocycles. The smallest absolute Gasteiger partial charge is 0.242 e. The van der Waals surface area contributed by atoms with E-state index in [1.54, 1.807) is 12.5 Å². The molecule has 4 rings (SSSR count). The molecular weight excluding hydrogens is 328 g/mol. The van der Waals surface area contributed by atoms with Gasteiger partial charge in [0.05, 0.1) is 6.33 Å². The van der Waals surface area contributed by atoms with Crippen molar-refractivity contribution >= 4 is 11.8 Å². The van der Waals surface area contributed by atoms with Gasteiger partial charge in [-0.05, 0) is 43.4 Å². The molecule has 3 fully saturated rings. The molecule has 1 saturated heterocycles. The molecule has 2 amide bonds. The second kappa shape index (κ2) is 7.41. The van der Waals surface area contributed by atoms with Crippen LogP contribution >= 0.6 is 0 Å². The molecule has 1 aromatic heterocycles. The monoisotopic (exact) mass is 358 g/mol. The van der Waals surface area contributed by atoms with Gasteiger partial charge in [0.15, 0.2) is 0 Å². The van der Waals surface area contributed by atoms with Gasteiger partial charge in [-0.1, -0.05) is 19.3 Å². The third-order valence-corrected chi connectivity index (χ3v) is 6.55. The number of carbonyl (C=O) groups excluding carboxylic acids is 2. The molecular formula is C20H30N4O2. The minimum absolute atomic E-state index is 0.179. The van der Waals surface area contributed by atoms with E-state index >= 15 is 0 Å². The molecule has 1 aliphatic heterocycles. The Morgan fingerprint density at radius 2 is 2.00 bits per heavy atom. The number of amides is 2. The summed E-state index contributed by atoms with van der Waals surface area (Å²) in [4.78, 5) is 31.0. The first-order chi connectivity index (χ1) is 12.6. The van der Waals surface area contributed by atoms with E-state index in [2.05, 4.69) is 15.2 Å². The molecule has 26 heavy (non-hydrogen) atoms. The maximum Gasteiger partial charge on any atom is 0.242 e. The van der Waals surface area contributed by atoms with Gasteiger partial charge in [-0.2, -0.15) is 0 Å². The van der Waals surface area contributed by atoms with Crippen molar-refractivity contribution in [1.29, 1.82) is 0 Å². The second-order valence-corrected chi connectivity index (χ2v) is 8.51. The van der Waals surface area contributed by atoms with Crippen LogP contribution in [-0.2, 0) is 16.1 Å². The molecule has 1 atom stereocenters. The van der Waals surface area contributed by atoms with E-state index in [1.165, 1.54) is 32.1 Å². The van der Waals surface area contributed by atoms with Crippen LogP contribution < -0.4 is 5.32 Å². The zero-order valence-electron chi connectivity index (χ0n) is 15.5. The van der Waals surface area contributed by atoms with Gasteiger partial charge in [0.1, 0.15) is 6.54 Å². The molecule has 6 heteroatoms. The third kappa shape index (κ3) is 3.94. The normalized spacial score (nSPS) is 24.8. The van der Waals surface area contributed by atoms with Gasteiger partial charge in [0, 0.05) is 37.9 Å². The fourth-order valence-electron chi connectivity index (χ4n) is 4.91. The molecule has 2 aliphatic carbocycles. The standard InChI is InChI=1S/C20H30N4O2/c25-18(22-17-5-6-17)7-4-16-12-24(14-20(16)8-2-1-3-9-20)19(26)13-23-11-10-21-15-23/h10-11,15-17H,1-9,12-14H2,(H,22,25). The van der Waals surface area contributed by atoms with Crippen LogP contribution in [-0.4, -0.2) is 45.4 Å². The van der Waals surface area contributed by atoms with Crippen LogP contribution in [0.25, 0.3) is 0 Å². The average Bonchev–Trinajstić information content (AvgIpc) is 3.16. The molecule has 0 aromatic carbocycles. The van der Waals surface area contributed by atoms with E-state index in [-0.39, 0.29) is 17.2 Å². The Labute approximate surface area is 155 Å². The van der Waals surface area contributed by atoms with Crippen LogP contribution in [0.3, 0.4) is 0 Å². The zero-order valence-corrected chi connectivity index (χ0v) is 15.5. The van der Waals surface area contributed by atoms with Crippen molar-refractivity contribution in [3.8, 4) is 0 Å². The summed E-state index contributed by atoms with van der Waals surface area (Å²) in [6.45, 7) is 2.05. The predicted octanol–water partition coefficient (Wildman–Crippen LogP) is 2.35. The molecule has 142 valence electrons. The molecule has 3 aliphatic rings. The Kier molecular flexibility index (Phi) is 5.00. The lowest BCUT2D eigenvalue weighted by Crippen LogP contribution is -2.36. The highest BCUT2D eigenvalue weighted by molar-refractivity contribution is 5.77. The fraction of sp³-hybridized carbons (Fsp3) is 0.750. The highest BCUT2D eigenvalue weighted by Gasteiger charge is 2.47. The first-order valence-corrected chi connectivity index (χ1v) is 10.2. The van der Waals surface area contributed by atoms with Crippen molar-refractivity contribution in [2.75, 3.05) is 13.1 Å². The van der Waals surface area contributed by atoms with Crippen LogP contribution in [0.4, 0.5) is 0 Å². The Morgan fingerprint density at radius 1 is 1.19 bits per heavy atom. The molecule has 2 heterocycles. The summed E-state index contributed by atoms with van der Waals surface area (Å²) in [6.07, 6.45) is 15.3. The van der Waals surface area contributed by atoms with Gasteiger partial charge < -0.3 is 14.8 Å². The summed E-state index contributed by atoms with van der Waals surface area (Å²) >= 11 is 0.